The van der Waals surface area contributed by atoms with Crippen LogP contribution >= 0.6 is 0 Å². The second kappa shape index (κ2) is 9.03. The molecule has 9 heteroatoms. The summed E-state index contributed by atoms with van der Waals surface area (Å²) in [6, 6.07) is 16.7. The Morgan fingerprint density at radius 3 is 2.32 bits per heavy atom. The van der Waals surface area contributed by atoms with Crippen molar-refractivity contribution in [2.24, 2.45) is 0 Å². The van der Waals surface area contributed by atoms with Gasteiger partial charge in [-0.1, -0.05) is 0 Å². The molecular weight excluding hydrogens is 571 g/mol. The quantitative estimate of drug-likeness (QED) is 0.410. The van der Waals surface area contributed by atoms with E-state index >= 15 is 0 Å². The van der Waals surface area contributed by atoms with E-state index in [9.17, 15) is 23.5 Å². The number of esters is 1. The number of hydrogen-bond donors (Lipinski definition) is 1. The molecule has 28 heavy (non-hydrogen) atoms. The van der Waals surface area contributed by atoms with Gasteiger partial charge in [-0.25, -0.2) is 0 Å². The van der Waals surface area contributed by atoms with Crippen LogP contribution in [-0.4, -0.2) is 69.0 Å². The van der Waals surface area contributed by atoms with Gasteiger partial charge in [-0.15, -0.1) is 0 Å². The number of benzene rings is 2. The van der Waals surface area contributed by atoms with Gasteiger partial charge in [0.2, 0.25) is 0 Å². The van der Waals surface area contributed by atoms with Crippen molar-refractivity contribution in [1.29, 1.82) is 0 Å². The summed E-state index contributed by atoms with van der Waals surface area (Å²) in [6.45, 7) is -0.587. The molecule has 2 aromatic carbocycles. The summed E-state index contributed by atoms with van der Waals surface area (Å²) in [6.07, 6.45) is -5.96. The number of hydrogen-bond acceptors (Lipinski definition) is 6. The molecule has 147 valence electrons. The molecule has 1 N–H and O–H groups in total. The van der Waals surface area contributed by atoms with Gasteiger partial charge in [0.05, 0.1) is 0 Å². The molecule has 1 aliphatic heterocycles. The minimum atomic E-state index is -3.81. The molecular formula is C19H16BiF2O6. The van der Waals surface area contributed by atoms with Crippen LogP contribution in [0.2, 0.25) is 0 Å². The third kappa shape index (κ3) is 4.90. The summed E-state index contributed by atoms with van der Waals surface area (Å²) in [4.78, 5) is 24.1. The van der Waals surface area contributed by atoms with Crippen LogP contribution in [-0.2, 0) is 14.2 Å². The van der Waals surface area contributed by atoms with E-state index in [1.165, 1.54) is 12.1 Å². The predicted molar refractivity (Wildman–Crippen MR) is 94.7 cm³/mol. The van der Waals surface area contributed by atoms with Crippen molar-refractivity contribution in [1.82, 2.24) is 0 Å². The summed E-state index contributed by atoms with van der Waals surface area (Å²) in [7, 11) is 0. The molecule has 0 saturated carbocycles. The fourth-order valence-electron chi connectivity index (χ4n) is 2.56. The molecule has 1 radical (unpaired) electrons. The first-order valence-corrected chi connectivity index (χ1v) is 11.8. The fraction of sp³-hybridized carbons (Fsp3) is 0.263. The molecule has 0 aromatic heterocycles. The number of rotatable bonds is 6. The first-order chi connectivity index (χ1) is 13.4. The van der Waals surface area contributed by atoms with Crippen LogP contribution in [0.4, 0.5) is 13.6 Å². The summed E-state index contributed by atoms with van der Waals surface area (Å²) in [5, 5.41) is 9.49. The maximum absolute atomic E-state index is 14.2. The molecule has 6 nitrogen and oxygen atoms in total. The van der Waals surface area contributed by atoms with Crippen LogP contribution in [0.15, 0.2) is 60.7 Å². The Morgan fingerprint density at radius 2 is 1.68 bits per heavy atom. The first-order valence-electron chi connectivity index (χ1n) is 8.29. The van der Waals surface area contributed by atoms with Crippen molar-refractivity contribution >= 4 is 36.2 Å². The zero-order valence-electron chi connectivity index (χ0n) is 14.4. The number of aliphatic hydroxyl groups is 1. The van der Waals surface area contributed by atoms with E-state index in [0.29, 0.717) is 0 Å². The number of aliphatic hydroxyl groups excluding tert-OH is 1. The van der Waals surface area contributed by atoms with E-state index < -0.39 is 63.9 Å². The van der Waals surface area contributed by atoms with Crippen molar-refractivity contribution in [2.75, 3.05) is 6.61 Å². The predicted octanol–water partition coefficient (Wildman–Crippen LogP) is 1.73. The van der Waals surface area contributed by atoms with Crippen LogP contribution in [0.3, 0.4) is 0 Å². The molecule has 0 bridgehead atoms. The number of carbonyl (C=O) groups excluding carboxylic acids is 2. The monoisotopic (exact) mass is 587 g/mol. The van der Waals surface area contributed by atoms with Gasteiger partial charge in [0.1, 0.15) is 0 Å². The third-order valence-corrected chi connectivity index (χ3v) is 7.22. The van der Waals surface area contributed by atoms with Gasteiger partial charge in [0.25, 0.3) is 0 Å². The SMILES string of the molecule is O=[C](O[C@H]1[C@@H](COC(=O)c2ccccc2)OC(O)C1(F)F)[Bi][c]1ccccc1. The first kappa shape index (κ1) is 20.8. The Bertz CT molecular complexity index is 818. The van der Waals surface area contributed by atoms with Crippen LogP contribution in [0.25, 0.3) is 0 Å². The van der Waals surface area contributed by atoms with E-state index in [4.69, 9.17) is 14.2 Å². The fourth-order valence-corrected chi connectivity index (χ4v) is 5.27. The van der Waals surface area contributed by atoms with Gasteiger partial charge in [-0.3, -0.25) is 0 Å². The summed E-state index contributed by atoms with van der Waals surface area (Å²) in [5.74, 6) is -4.54. The average molecular weight is 587 g/mol. The molecule has 1 aliphatic rings. The van der Waals surface area contributed by atoms with E-state index in [1.54, 1.807) is 48.5 Å². The third-order valence-electron chi connectivity index (χ3n) is 3.94. The topological polar surface area (TPSA) is 82.1 Å². The van der Waals surface area contributed by atoms with Gasteiger partial charge in [-0.05, 0) is 0 Å². The van der Waals surface area contributed by atoms with Crippen LogP contribution in [0.1, 0.15) is 10.4 Å². The molecule has 1 fully saturated rings. The van der Waals surface area contributed by atoms with Gasteiger partial charge < -0.3 is 0 Å². The second-order valence-corrected chi connectivity index (χ2v) is 10.2. The van der Waals surface area contributed by atoms with E-state index in [1.807, 2.05) is 0 Å². The molecule has 1 heterocycles. The number of halogens is 2. The average Bonchev–Trinajstić information content (AvgIpc) is 2.90. The number of ether oxygens (including phenoxy) is 3. The molecule has 3 rings (SSSR count). The molecule has 3 atom stereocenters. The van der Waals surface area contributed by atoms with Crippen molar-refractivity contribution < 1.29 is 37.7 Å². The molecule has 0 amide bonds. The van der Waals surface area contributed by atoms with E-state index in [0.717, 1.165) is 3.27 Å². The Kier molecular flexibility index (Phi) is 6.70. The summed E-state index contributed by atoms with van der Waals surface area (Å²) in [5.41, 5.74) is 0.236. The van der Waals surface area contributed by atoms with Crippen LogP contribution in [0, 0.1) is 0 Å². The van der Waals surface area contributed by atoms with Gasteiger partial charge in [0, 0.05) is 0 Å². The normalized spacial score (nSPS) is 23.2. The Morgan fingerprint density at radius 1 is 1.07 bits per heavy atom. The zero-order valence-corrected chi connectivity index (χ0v) is 17.9. The molecule has 1 unspecified atom stereocenters. The second-order valence-electron chi connectivity index (χ2n) is 5.92. The molecule has 2 aromatic rings. The van der Waals surface area contributed by atoms with Gasteiger partial charge >= 0.3 is 171 Å². The Hall–Kier alpha value is -1.96. The molecule has 0 spiro atoms. The van der Waals surface area contributed by atoms with Crippen molar-refractivity contribution in [3.8, 4) is 0 Å². The van der Waals surface area contributed by atoms with Gasteiger partial charge in [-0.2, -0.15) is 0 Å². The van der Waals surface area contributed by atoms with Gasteiger partial charge in [0.15, 0.2) is 0 Å². The number of carbonyl (C=O) groups is 2. The Balaban J connectivity index is 1.64. The van der Waals surface area contributed by atoms with Crippen molar-refractivity contribution in [2.45, 2.75) is 24.4 Å². The van der Waals surface area contributed by atoms with Crippen molar-refractivity contribution in [3.63, 3.8) is 0 Å². The van der Waals surface area contributed by atoms with Crippen LogP contribution < -0.4 is 3.27 Å². The standard InChI is InChI=1S/C13H11F2O6.C6H5.Bi/c14-13(15)10(20-7-16)9(21-12(13)18)6-19-11(17)8-4-2-1-3-5-8;1-2-4-6-5-3-1;/h1-5,9-10,12,18H,6H2;1-5H;/t9-,10+,12?;;/m1../s1. The van der Waals surface area contributed by atoms with Crippen LogP contribution in [0.5, 0.6) is 0 Å². The molecule has 0 aliphatic carbocycles. The maximum atomic E-state index is 14.2. The van der Waals surface area contributed by atoms with E-state index in [2.05, 4.69) is 0 Å². The minimum absolute atomic E-state index is 0.236. The zero-order chi connectivity index (χ0) is 20.1. The van der Waals surface area contributed by atoms with E-state index in [-0.39, 0.29) is 5.56 Å². The molecule has 1 saturated heterocycles. The van der Waals surface area contributed by atoms with Crippen molar-refractivity contribution in [3.05, 3.63) is 66.2 Å². The number of alkyl halides is 2. The Labute approximate surface area is 171 Å². The summed E-state index contributed by atoms with van der Waals surface area (Å²) < 4.78 is 43.3. The summed E-state index contributed by atoms with van der Waals surface area (Å²) >= 11 is -2.04.